The Morgan fingerprint density at radius 1 is 1.26 bits per heavy atom. The summed E-state index contributed by atoms with van der Waals surface area (Å²) >= 11 is 0. The number of nitrogens with one attached hydrogen (secondary N) is 1. The average Bonchev–Trinajstić information content (AvgIpc) is 2.89. The van der Waals surface area contributed by atoms with Crippen molar-refractivity contribution in [3.8, 4) is 0 Å². The topological polar surface area (TPSA) is 35.6 Å². The molecule has 2 heterocycles. The van der Waals surface area contributed by atoms with Crippen LogP contribution in [0.15, 0.2) is 0 Å². The number of likely N-dealkylation sites (tertiary alicyclic amines) is 2. The summed E-state index contributed by atoms with van der Waals surface area (Å²) in [4.78, 5) is 16.9. The second-order valence-corrected chi connectivity index (χ2v) is 6.04. The van der Waals surface area contributed by atoms with Crippen LogP contribution in [0.2, 0.25) is 0 Å². The van der Waals surface area contributed by atoms with E-state index in [4.69, 9.17) is 0 Å². The van der Waals surface area contributed by atoms with Crippen LogP contribution >= 0.6 is 0 Å². The van der Waals surface area contributed by atoms with E-state index < -0.39 is 0 Å². The third-order valence-electron chi connectivity index (χ3n) is 4.46. The molecule has 0 aromatic heterocycles. The molecule has 2 unspecified atom stereocenters. The normalized spacial score (nSPS) is 26.6. The minimum Gasteiger partial charge on any atom is -0.341 e. The third kappa shape index (κ3) is 4.18. The van der Waals surface area contributed by atoms with Crippen LogP contribution in [-0.2, 0) is 4.79 Å². The highest BCUT2D eigenvalue weighted by Gasteiger charge is 2.31. The summed E-state index contributed by atoms with van der Waals surface area (Å²) in [6.07, 6.45) is 5.86. The van der Waals surface area contributed by atoms with E-state index in [1.165, 1.54) is 38.8 Å². The molecule has 2 aliphatic rings. The molecule has 0 aromatic rings. The molecular weight excluding hydrogens is 238 g/mol. The zero-order chi connectivity index (χ0) is 13.7. The molecule has 0 radical (unpaired) electrons. The molecule has 110 valence electrons. The summed E-state index contributed by atoms with van der Waals surface area (Å²) in [5.74, 6) is 0.327. The molecule has 2 rings (SSSR count). The summed E-state index contributed by atoms with van der Waals surface area (Å²) in [5, 5.41) is 3.32. The van der Waals surface area contributed by atoms with E-state index in [1.54, 1.807) is 0 Å². The number of nitrogens with zero attached hydrogens (tertiary/aromatic N) is 2. The van der Waals surface area contributed by atoms with Crippen molar-refractivity contribution in [2.24, 2.45) is 0 Å². The van der Waals surface area contributed by atoms with Gasteiger partial charge < -0.3 is 10.2 Å². The van der Waals surface area contributed by atoms with E-state index in [-0.39, 0.29) is 0 Å². The Kier molecular flexibility index (Phi) is 5.64. The second kappa shape index (κ2) is 7.25. The highest BCUT2D eigenvalue weighted by atomic mass is 16.2. The van der Waals surface area contributed by atoms with Crippen LogP contribution in [-0.4, -0.2) is 60.5 Å². The SMILES string of the molecule is CCNC(C)CC(=O)N1CCC(N2CCCCC2)C1. The van der Waals surface area contributed by atoms with Gasteiger partial charge in [-0.1, -0.05) is 13.3 Å². The largest absolute Gasteiger partial charge is 0.341 e. The lowest BCUT2D eigenvalue weighted by molar-refractivity contribution is -0.130. The van der Waals surface area contributed by atoms with Gasteiger partial charge in [-0.25, -0.2) is 0 Å². The first kappa shape index (κ1) is 14.8. The highest BCUT2D eigenvalue weighted by molar-refractivity contribution is 5.77. The van der Waals surface area contributed by atoms with Crippen LogP contribution in [0.3, 0.4) is 0 Å². The Hall–Kier alpha value is -0.610. The van der Waals surface area contributed by atoms with Crippen molar-refractivity contribution < 1.29 is 4.79 Å². The van der Waals surface area contributed by atoms with Crippen molar-refractivity contribution in [2.45, 2.75) is 58.0 Å². The predicted octanol–water partition coefficient (Wildman–Crippen LogP) is 1.46. The number of piperidine rings is 1. The van der Waals surface area contributed by atoms with Gasteiger partial charge in [0.1, 0.15) is 0 Å². The Morgan fingerprint density at radius 2 is 2.00 bits per heavy atom. The monoisotopic (exact) mass is 267 g/mol. The molecule has 2 saturated heterocycles. The standard InChI is InChI=1S/C15H29N3O/c1-3-16-13(2)11-15(19)18-10-7-14(12-18)17-8-5-4-6-9-17/h13-14,16H,3-12H2,1-2H3. The summed E-state index contributed by atoms with van der Waals surface area (Å²) in [7, 11) is 0. The number of rotatable bonds is 5. The maximum Gasteiger partial charge on any atom is 0.224 e. The number of hydrogen-bond donors (Lipinski definition) is 1. The molecule has 0 bridgehead atoms. The Morgan fingerprint density at radius 3 is 2.68 bits per heavy atom. The van der Waals surface area contributed by atoms with Crippen LogP contribution < -0.4 is 5.32 Å². The lowest BCUT2D eigenvalue weighted by atomic mass is 10.1. The Bertz CT molecular complexity index is 289. The smallest absolute Gasteiger partial charge is 0.224 e. The van der Waals surface area contributed by atoms with Gasteiger partial charge in [-0.15, -0.1) is 0 Å². The van der Waals surface area contributed by atoms with Crippen molar-refractivity contribution >= 4 is 5.91 Å². The molecule has 4 nitrogen and oxygen atoms in total. The van der Waals surface area contributed by atoms with Gasteiger partial charge in [0.2, 0.25) is 5.91 Å². The first-order chi connectivity index (χ1) is 9.20. The summed E-state index contributed by atoms with van der Waals surface area (Å²) in [5.41, 5.74) is 0. The molecule has 0 aromatic carbocycles. The Labute approximate surface area is 117 Å². The van der Waals surface area contributed by atoms with Gasteiger partial charge in [0.15, 0.2) is 0 Å². The van der Waals surface area contributed by atoms with Crippen molar-refractivity contribution in [1.82, 2.24) is 15.1 Å². The van der Waals surface area contributed by atoms with Crippen LogP contribution in [0, 0.1) is 0 Å². The molecule has 4 heteroatoms. The first-order valence-corrected chi connectivity index (χ1v) is 7.96. The van der Waals surface area contributed by atoms with Gasteiger partial charge in [0.25, 0.3) is 0 Å². The summed E-state index contributed by atoms with van der Waals surface area (Å²) in [6, 6.07) is 0.922. The van der Waals surface area contributed by atoms with Crippen LogP contribution in [0.25, 0.3) is 0 Å². The highest BCUT2D eigenvalue weighted by Crippen LogP contribution is 2.20. The van der Waals surface area contributed by atoms with Gasteiger partial charge in [0.05, 0.1) is 0 Å². The second-order valence-electron chi connectivity index (χ2n) is 6.04. The summed E-state index contributed by atoms with van der Waals surface area (Å²) in [6.45, 7) is 9.51. The molecular formula is C15H29N3O. The summed E-state index contributed by atoms with van der Waals surface area (Å²) < 4.78 is 0. The molecule has 0 saturated carbocycles. The van der Waals surface area contributed by atoms with Gasteiger partial charge in [-0.05, 0) is 45.8 Å². The minimum atomic E-state index is 0.298. The number of hydrogen-bond acceptors (Lipinski definition) is 3. The lowest BCUT2D eigenvalue weighted by Gasteiger charge is -2.32. The number of carbonyl (C=O) groups excluding carboxylic acids is 1. The number of carbonyl (C=O) groups is 1. The van der Waals surface area contributed by atoms with Crippen molar-refractivity contribution in [3.05, 3.63) is 0 Å². The van der Waals surface area contributed by atoms with E-state index in [0.29, 0.717) is 24.4 Å². The molecule has 2 atom stereocenters. The fourth-order valence-corrected chi connectivity index (χ4v) is 3.36. The maximum atomic E-state index is 12.2. The molecule has 2 fully saturated rings. The van der Waals surface area contributed by atoms with E-state index in [0.717, 1.165) is 19.6 Å². The van der Waals surface area contributed by atoms with E-state index in [9.17, 15) is 4.79 Å². The molecule has 1 N–H and O–H groups in total. The van der Waals surface area contributed by atoms with Crippen LogP contribution in [0.1, 0.15) is 46.0 Å². The third-order valence-corrected chi connectivity index (χ3v) is 4.46. The van der Waals surface area contributed by atoms with Crippen molar-refractivity contribution in [1.29, 1.82) is 0 Å². The van der Waals surface area contributed by atoms with E-state index in [1.807, 2.05) is 0 Å². The van der Waals surface area contributed by atoms with Crippen molar-refractivity contribution in [3.63, 3.8) is 0 Å². The van der Waals surface area contributed by atoms with E-state index in [2.05, 4.69) is 29.0 Å². The molecule has 2 aliphatic heterocycles. The van der Waals surface area contributed by atoms with E-state index >= 15 is 0 Å². The van der Waals surface area contributed by atoms with Gasteiger partial charge in [-0.2, -0.15) is 0 Å². The minimum absolute atomic E-state index is 0.298. The zero-order valence-electron chi connectivity index (χ0n) is 12.5. The number of amides is 1. The quantitative estimate of drug-likeness (QED) is 0.819. The molecule has 0 spiro atoms. The Balaban J connectivity index is 1.75. The predicted molar refractivity (Wildman–Crippen MR) is 78.2 cm³/mol. The van der Waals surface area contributed by atoms with Crippen molar-refractivity contribution in [2.75, 3.05) is 32.7 Å². The maximum absolute atomic E-state index is 12.2. The first-order valence-electron chi connectivity index (χ1n) is 7.96. The lowest BCUT2D eigenvalue weighted by Crippen LogP contribution is -2.42. The molecule has 19 heavy (non-hydrogen) atoms. The van der Waals surface area contributed by atoms with Crippen LogP contribution in [0.4, 0.5) is 0 Å². The van der Waals surface area contributed by atoms with Crippen LogP contribution in [0.5, 0.6) is 0 Å². The van der Waals surface area contributed by atoms with Gasteiger partial charge >= 0.3 is 0 Å². The fraction of sp³-hybridized carbons (Fsp3) is 0.933. The van der Waals surface area contributed by atoms with Gasteiger partial charge in [0, 0.05) is 31.6 Å². The molecule has 1 amide bonds. The average molecular weight is 267 g/mol. The zero-order valence-corrected chi connectivity index (χ0v) is 12.5. The molecule has 0 aliphatic carbocycles. The fourth-order valence-electron chi connectivity index (χ4n) is 3.36. The van der Waals surface area contributed by atoms with Gasteiger partial charge in [-0.3, -0.25) is 9.69 Å².